The molecule has 0 bridgehead atoms. The molecule has 5 heteroatoms. The van der Waals surface area contributed by atoms with Crippen LogP contribution < -0.4 is 17.0 Å². The summed E-state index contributed by atoms with van der Waals surface area (Å²) in [6.07, 6.45) is 1.51. The van der Waals surface area contributed by atoms with Crippen molar-refractivity contribution in [3.63, 3.8) is 0 Å². The summed E-state index contributed by atoms with van der Waals surface area (Å²) in [5, 5.41) is 0. The van der Waals surface area contributed by atoms with Crippen LogP contribution in [0.15, 0.2) is 40.1 Å². The van der Waals surface area contributed by atoms with E-state index in [0.29, 0.717) is 16.9 Å². The largest absolute Gasteiger partial charge is 0.399 e. The zero-order valence-electron chi connectivity index (χ0n) is 8.73. The number of rotatable bonds is 1. The minimum Gasteiger partial charge on any atom is -0.399 e. The van der Waals surface area contributed by atoms with E-state index in [2.05, 4.69) is 4.98 Å². The van der Waals surface area contributed by atoms with Crippen LogP contribution in [0.2, 0.25) is 0 Å². The quantitative estimate of drug-likeness (QED) is 0.679. The van der Waals surface area contributed by atoms with Crippen molar-refractivity contribution < 1.29 is 0 Å². The maximum atomic E-state index is 11.6. The number of hydrogen-bond donors (Lipinski definition) is 2. The van der Waals surface area contributed by atoms with Gasteiger partial charge in [0.2, 0.25) is 0 Å². The smallest absolute Gasteiger partial charge is 0.332 e. The van der Waals surface area contributed by atoms with Crippen LogP contribution in [0.4, 0.5) is 5.69 Å². The normalized spacial score (nSPS) is 10.3. The third kappa shape index (κ3) is 1.75. The first kappa shape index (κ1) is 10.2. The predicted octanol–water partition coefficient (Wildman–Crippen LogP) is 0.416. The van der Waals surface area contributed by atoms with E-state index in [1.54, 1.807) is 31.2 Å². The molecule has 0 amide bonds. The molecule has 5 nitrogen and oxygen atoms in total. The molecule has 0 fully saturated rings. The molecule has 0 aliphatic heterocycles. The van der Waals surface area contributed by atoms with Gasteiger partial charge < -0.3 is 5.73 Å². The van der Waals surface area contributed by atoms with Crippen LogP contribution in [0.25, 0.3) is 5.69 Å². The Morgan fingerprint density at radius 1 is 1.19 bits per heavy atom. The molecule has 0 aliphatic rings. The van der Waals surface area contributed by atoms with Gasteiger partial charge in [-0.05, 0) is 31.2 Å². The highest BCUT2D eigenvalue weighted by atomic mass is 16.2. The third-order valence-corrected chi connectivity index (χ3v) is 2.29. The molecule has 0 saturated carbocycles. The Kier molecular flexibility index (Phi) is 2.36. The Labute approximate surface area is 91.2 Å². The number of aromatic nitrogens is 2. The van der Waals surface area contributed by atoms with E-state index in [1.165, 1.54) is 10.8 Å². The number of aryl methyl sites for hydroxylation is 1. The predicted molar refractivity (Wildman–Crippen MR) is 61.8 cm³/mol. The van der Waals surface area contributed by atoms with E-state index in [-0.39, 0.29) is 5.56 Å². The van der Waals surface area contributed by atoms with E-state index in [4.69, 9.17) is 5.73 Å². The number of benzene rings is 1. The maximum absolute atomic E-state index is 11.6. The summed E-state index contributed by atoms with van der Waals surface area (Å²) in [5.74, 6) is 0. The molecule has 1 aromatic heterocycles. The molecule has 0 aliphatic carbocycles. The Morgan fingerprint density at radius 2 is 1.81 bits per heavy atom. The molecule has 0 unspecified atom stereocenters. The minimum absolute atomic E-state index is 0.364. The van der Waals surface area contributed by atoms with Gasteiger partial charge >= 0.3 is 5.69 Å². The lowest BCUT2D eigenvalue weighted by atomic mass is 10.3. The van der Waals surface area contributed by atoms with Gasteiger partial charge in [0.25, 0.3) is 5.56 Å². The number of aromatic amines is 1. The van der Waals surface area contributed by atoms with E-state index in [0.717, 1.165) is 0 Å². The molecule has 3 N–H and O–H groups in total. The van der Waals surface area contributed by atoms with Gasteiger partial charge in [-0.15, -0.1) is 0 Å². The fourth-order valence-electron chi connectivity index (χ4n) is 1.39. The first-order valence-electron chi connectivity index (χ1n) is 4.76. The van der Waals surface area contributed by atoms with Crippen molar-refractivity contribution >= 4 is 5.69 Å². The average molecular weight is 217 g/mol. The van der Waals surface area contributed by atoms with E-state index in [9.17, 15) is 9.59 Å². The Bertz CT molecular complexity index is 623. The van der Waals surface area contributed by atoms with Crippen LogP contribution in [0.3, 0.4) is 0 Å². The summed E-state index contributed by atoms with van der Waals surface area (Å²) in [4.78, 5) is 25.0. The summed E-state index contributed by atoms with van der Waals surface area (Å²) in [7, 11) is 0. The number of anilines is 1. The molecule has 0 saturated heterocycles. The van der Waals surface area contributed by atoms with E-state index >= 15 is 0 Å². The van der Waals surface area contributed by atoms with Crippen LogP contribution >= 0.6 is 0 Å². The lowest BCUT2D eigenvalue weighted by Gasteiger charge is -2.05. The van der Waals surface area contributed by atoms with Crippen molar-refractivity contribution in [2.45, 2.75) is 6.92 Å². The molecule has 0 spiro atoms. The second-order valence-corrected chi connectivity index (χ2v) is 3.53. The first-order chi connectivity index (χ1) is 7.58. The zero-order chi connectivity index (χ0) is 11.7. The lowest BCUT2D eigenvalue weighted by Crippen LogP contribution is -2.29. The molecule has 16 heavy (non-hydrogen) atoms. The molecule has 1 heterocycles. The molecule has 0 atom stereocenters. The Hall–Kier alpha value is -2.30. The van der Waals surface area contributed by atoms with Gasteiger partial charge in [0, 0.05) is 17.4 Å². The van der Waals surface area contributed by atoms with Gasteiger partial charge in [-0.2, -0.15) is 0 Å². The lowest BCUT2D eigenvalue weighted by molar-refractivity contribution is 0.880. The molecular weight excluding hydrogens is 206 g/mol. The number of hydrogen-bond acceptors (Lipinski definition) is 3. The molecular formula is C11H11N3O2. The molecule has 1 aromatic carbocycles. The summed E-state index contributed by atoms with van der Waals surface area (Å²) in [6.45, 7) is 1.64. The standard InChI is InChI=1S/C11H11N3O2/c1-7-6-14(11(16)13-10(7)15)9-4-2-8(12)3-5-9/h2-6H,12H2,1H3,(H,13,15,16). The second-order valence-electron chi connectivity index (χ2n) is 3.53. The third-order valence-electron chi connectivity index (χ3n) is 2.29. The second kappa shape index (κ2) is 3.69. The molecule has 82 valence electrons. The van der Waals surface area contributed by atoms with Crippen molar-refractivity contribution in [2.75, 3.05) is 5.73 Å². The highest BCUT2D eigenvalue weighted by molar-refractivity contribution is 5.45. The first-order valence-corrected chi connectivity index (χ1v) is 4.76. The average Bonchev–Trinajstić information content (AvgIpc) is 2.25. The van der Waals surface area contributed by atoms with Crippen LogP contribution in [-0.4, -0.2) is 9.55 Å². The van der Waals surface area contributed by atoms with Gasteiger partial charge in [0.05, 0.1) is 5.69 Å². The van der Waals surface area contributed by atoms with Crippen LogP contribution in [0, 0.1) is 6.92 Å². The number of nitrogens with two attached hydrogens (primary N) is 1. The maximum Gasteiger partial charge on any atom is 0.332 e. The Morgan fingerprint density at radius 3 is 2.44 bits per heavy atom. The zero-order valence-corrected chi connectivity index (χ0v) is 8.73. The van der Waals surface area contributed by atoms with Gasteiger partial charge in [-0.25, -0.2) is 4.79 Å². The molecule has 2 rings (SSSR count). The highest BCUT2D eigenvalue weighted by Gasteiger charge is 2.02. The topological polar surface area (TPSA) is 80.9 Å². The molecule has 2 aromatic rings. The summed E-state index contributed by atoms with van der Waals surface area (Å²) >= 11 is 0. The SMILES string of the molecule is Cc1cn(-c2ccc(N)cc2)c(=O)[nH]c1=O. The van der Waals surface area contributed by atoms with Gasteiger partial charge in [0.1, 0.15) is 0 Å². The fourth-order valence-corrected chi connectivity index (χ4v) is 1.39. The van der Waals surface area contributed by atoms with Crippen molar-refractivity contribution in [1.82, 2.24) is 9.55 Å². The number of nitrogens with zero attached hydrogens (tertiary/aromatic N) is 1. The summed E-state index contributed by atoms with van der Waals surface area (Å²) in [6, 6.07) is 6.83. The monoisotopic (exact) mass is 217 g/mol. The summed E-state index contributed by atoms with van der Waals surface area (Å²) < 4.78 is 1.37. The van der Waals surface area contributed by atoms with Crippen molar-refractivity contribution in [2.24, 2.45) is 0 Å². The van der Waals surface area contributed by atoms with Crippen LogP contribution in [-0.2, 0) is 0 Å². The van der Waals surface area contributed by atoms with Crippen LogP contribution in [0.1, 0.15) is 5.56 Å². The van der Waals surface area contributed by atoms with Gasteiger partial charge in [-0.3, -0.25) is 14.3 Å². The minimum atomic E-state index is -0.458. The highest BCUT2D eigenvalue weighted by Crippen LogP contribution is 2.08. The van der Waals surface area contributed by atoms with Crippen LogP contribution in [0.5, 0.6) is 0 Å². The van der Waals surface area contributed by atoms with Gasteiger partial charge in [0.15, 0.2) is 0 Å². The summed E-state index contributed by atoms with van der Waals surface area (Å²) in [5.41, 5.74) is 6.50. The van der Waals surface area contributed by atoms with E-state index < -0.39 is 5.69 Å². The van der Waals surface area contributed by atoms with Crippen molar-refractivity contribution in [3.05, 3.63) is 56.9 Å². The number of H-pyrrole nitrogens is 1. The Balaban J connectivity index is 2.65. The van der Waals surface area contributed by atoms with E-state index in [1.807, 2.05) is 0 Å². The van der Waals surface area contributed by atoms with Crippen molar-refractivity contribution in [3.8, 4) is 5.69 Å². The molecule has 0 radical (unpaired) electrons. The number of nitrogens with one attached hydrogen (secondary N) is 1. The number of nitrogen functional groups attached to an aromatic ring is 1. The fraction of sp³-hybridized carbons (Fsp3) is 0.0909. The van der Waals surface area contributed by atoms with Crippen molar-refractivity contribution in [1.29, 1.82) is 0 Å². The van der Waals surface area contributed by atoms with Gasteiger partial charge in [-0.1, -0.05) is 0 Å².